The fourth-order valence-corrected chi connectivity index (χ4v) is 0.990. The molecule has 0 saturated carbocycles. The van der Waals surface area contributed by atoms with Crippen molar-refractivity contribution in [3.05, 3.63) is 18.2 Å². The van der Waals surface area contributed by atoms with Crippen LogP contribution in [0, 0.1) is 0 Å². The van der Waals surface area contributed by atoms with E-state index in [4.69, 9.17) is 5.73 Å². The molecule has 0 aliphatic rings. The molecule has 0 aliphatic carbocycles. The largest absolute Gasteiger partial charge is 0.355 e. The molecule has 72 valence electrons. The number of amides is 1. The third kappa shape index (κ3) is 3.71. The number of imidazole rings is 1. The van der Waals surface area contributed by atoms with E-state index in [1.54, 1.807) is 12.4 Å². The maximum Gasteiger partial charge on any atom is 0.233 e. The first-order chi connectivity index (χ1) is 6.33. The fraction of sp³-hybridized carbons (Fsp3) is 0.500. The lowest BCUT2D eigenvalue weighted by atomic mass is 10.3. The monoisotopic (exact) mass is 182 g/mol. The molecular weight excluding hydrogens is 168 g/mol. The Balaban J connectivity index is 2.05. The summed E-state index contributed by atoms with van der Waals surface area (Å²) in [6, 6.07) is 0. The van der Waals surface area contributed by atoms with E-state index in [1.807, 2.05) is 0 Å². The molecule has 1 aromatic rings. The summed E-state index contributed by atoms with van der Waals surface area (Å²) in [7, 11) is 0. The van der Waals surface area contributed by atoms with Crippen molar-refractivity contribution >= 4 is 5.91 Å². The van der Waals surface area contributed by atoms with Crippen molar-refractivity contribution in [2.75, 3.05) is 13.1 Å². The molecule has 0 bridgehead atoms. The van der Waals surface area contributed by atoms with Gasteiger partial charge in [0.1, 0.15) is 5.82 Å². The zero-order chi connectivity index (χ0) is 9.52. The van der Waals surface area contributed by atoms with Crippen molar-refractivity contribution in [1.29, 1.82) is 0 Å². The van der Waals surface area contributed by atoms with E-state index < -0.39 is 0 Å². The van der Waals surface area contributed by atoms with Gasteiger partial charge in [-0.25, -0.2) is 4.98 Å². The van der Waals surface area contributed by atoms with Gasteiger partial charge in [0.25, 0.3) is 0 Å². The lowest BCUT2D eigenvalue weighted by Gasteiger charge is -2.01. The minimum absolute atomic E-state index is 0.0563. The second-order valence-corrected chi connectivity index (χ2v) is 2.69. The highest BCUT2D eigenvalue weighted by atomic mass is 16.1. The van der Waals surface area contributed by atoms with Crippen LogP contribution in [0.3, 0.4) is 0 Å². The predicted octanol–water partition coefficient (Wildman–Crippen LogP) is -0.583. The predicted molar refractivity (Wildman–Crippen MR) is 49.0 cm³/mol. The third-order valence-electron chi connectivity index (χ3n) is 1.65. The van der Waals surface area contributed by atoms with E-state index in [-0.39, 0.29) is 12.5 Å². The summed E-state index contributed by atoms with van der Waals surface area (Å²) in [5.41, 5.74) is 5.12. The highest BCUT2D eigenvalue weighted by Gasteiger charge is 1.97. The summed E-state index contributed by atoms with van der Waals surface area (Å²) in [5.74, 6) is 0.835. The molecule has 1 aromatic heterocycles. The summed E-state index contributed by atoms with van der Waals surface area (Å²) < 4.78 is 0. The number of hydrogen-bond donors (Lipinski definition) is 3. The molecule has 0 radical (unpaired) electrons. The van der Waals surface area contributed by atoms with Crippen molar-refractivity contribution in [2.24, 2.45) is 5.73 Å². The highest BCUT2D eigenvalue weighted by Crippen LogP contribution is 1.92. The van der Waals surface area contributed by atoms with E-state index in [9.17, 15) is 4.79 Å². The molecule has 0 atom stereocenters. The molecule has 0 spiro atoms. The van der Waals surface area contributed by atoms with Crippen LogP contribution >= 0.6 is 0 Å². The first-order valence-electron chi connectivity index (χ1n) is 4.28. The minimum atomic E-state index is -0.112. The van der Waals surface area contributed by atoms with Crippen LogP contribution in [0.4, 0.5) is 0 Å². The van der Waals surface area contributed by atoms with Crippen LogP contribution in [-0.2, 0) is 11.2 Å². The summed E-state index contributed by atoms with van der Waals surface area (Å²) in [6.07, 6.45) is 5.22. The molecule has 4 N–H and O–H groups in total. The van der Waals surface area contributed by atoms with Crippen molar-refractivity contribution in [3.63, 3.8) is 0 Å². The molecule has 0 aliphatic heterocycles. The Morgan fingerprint density at radius 1 is 1.69 bits per heavy atom. The number of hydrogen-bond acceptors (Lipinski definition) is 3. The van der Waals surface area contributed by atoms with Crippen LogP contribution in [-0.4, -0.2) is 29.0 Å². The van der Waals surface area contributed by atoms with Gasteiger partial charge in [-0.1, -0.05) is 0 Å². The lowest BCUT2D eigenvalue weighted by Crippen LogP contribution is -2.31. The van der Waals surface area contributed by atoms with Gasteiger partial charge in [0.05, 0.1) is 6.54 Å². The Labute approximate surface area is 76.7 Å². The Morgan fingerprint density at radius 2 is 2.54 bits per heavy atom. The standard InChI is InChI=1S/C8H14N4O/c9-6-8(13)12-3-1-2-7-10-4-5-11-7/h4-5H,1-3,6,9H2,(H,10,11)(H,12,13). The van der Waals surface area contributed by atoms with Crippen LogP contribution in [0.2, 0.25) is 0 Å². The SMILES string of the molecule is NCC(=O)NCCCc1ncc[nH]1. The summed E-state index contributed by atoms with van der Waals surface area (Å²) in [5, 5.41) is 2.69. The normalized spacial score (nSPS) is 9.92. The molecule has 5 heteroatoms. The zero-order valence-electron chi connectivity index (χ0n) is 7.42. The molecule has 0 unspecified atom stereocenters. The molecule has 0 aromatic carbocycles. The van der Waals surface area contributed by atoms with E-state index in [1.165, 1.54) is 0 Å². The number of H-pyrrole nitrogens is 1. The highest BCUT2D eigenvalue weighted by molar-refractivity contribution is 5.77. The fourth-order valence-electron chi connectivity index (χ4n) is 0.990. The Bertz CT molecular complexity index is 245. The number of nitrogens with zero attached hydrogens (tertiary/aromatic N) is 1. The Morgan fingerprint density at radius 3 is 3.15 bits per heavy atom. The zero-order valence-corrected chi connectivity index (χ0v) is 7.42. The van der Waals surface area contributed by atoms with Crippen LogP contribution in [0.15, 0.2) is 12.4 Å². The topological polar surface area (TPSA) is 83.8 Å². The summed E-state index contributed by atoms with van der Waals surface area (Å²) in [6.45, 7) is 0.706. The average molecular weight is 182 g/mol. The number of rotatable bonds is 5. The van der Waals surface area contributed by atoms with Gasteiger partial charge in [-0.2, -0.15) is 0 Å². The van der Waals surface area contributed by atoms with Crippen molar-refractivity contribution in [1.82, 2.24) is 15.3 Å². The third-order valence-corrected chi connectivity index (χ3v) is 1.65. The van der Waals surface area contributed by atoms with Gasteiger partial charge in [-0.15, -0.1) is 0 Å². The number of aromatic nitrogens is 2. The number of nitrogens with one attached hydrogen (secondary N) is 2. The summed E-state index contributed by atoms with van der Waals surface area (Å²) >= 11 is 0. The van der Waals surface area contributed by atoms with Gasteiger partial charge < -0.3 is 16.0 Å². The molecule has 1 heterocycles. The van der Waals surface area contributed by atoms with E-state index in [0.29, 0.717) is 6.54 Å². The van der Waals surface area contributed by atoms with Gasteiger partial charge >= 0.3 is 0 Å². The molecule has 0 saturated heterocycles. The number of carbonyl (C=O) groups is 1. The number of carbonyl (C=O) groups excluding carboxylic acids is 1. The lowest BCUT2D eigenvalue weighted by molar-refractivity contribution is -0.119. The van der Waals surface area contributed by atoms with Gasteiger partial charge in [0.15, 0.2) is 0 Å². The van der Waals surface area contributed by atoms with E-state index in [2.05, 4.69) is 15.3 Å². The van der Waals surface area contributed by atoms with Gasteiger partial charge in [0.2, 0.25) is 5.91 Å². The number of aryl methyl sites for hydroxylation is 1. The van der Waals surface area contributed by atoms with Gasteiger partial charge in [-0.05, 0) is 6.42 Å². The Kier molecular flexibility index (Phi) is 3.98. The minimum Gasteiger partial charge on any atom is -0.355 e. The maximum atomic E-state index is 10.7. The van der Waals surface area contributed by atoms with Crippen LogP contribution < -0.4 is 11.1 Å². The molecule has 13 heavy (non-hydrogen) atoms. The molecule has 1 rings (SSSR count). The first-order valence-corrected chi connectivity index (χ1v) is 4.28. The maximum absolute atomic E-state index is 10.7. The van der Waals surface area contributed by atoms with Gasteiger partial charge in [-0.3, -0.25) is 4.79 Å². The van der Waals surface area contributed by atoms with Crippen LogP contribution in [0.25, 0.3) is 0 Å². The van der Waals surface area contributed by atoms with Crippen molar-refractivity contribution in [3.8, 4) is 0 Å². The number of aromatic amines is 1. The molecule has 0 fully saturated rings. The number of nitrogens with two attached hydrogens (primary N) is 1. The molecule has 5 nitrogen and oxygen atoms in total. The molecule has 1 amide bonds. The van der Waals surface area contributed by atoms with Crippen LogP contribution in [0.1, 0.15) is 12.2 Å². The second-order valence-electron chi connectivity index (χ2n) is 2.69. The Hall–Kier alpha value is -1.36. The quantitative estimate of drug-likeness (QED) is 0.532. The first kappa shape index (κ1) is 9.73. The molecular formula is C8H14N4O. The van der Waals surface area contributed by atoms with Crippen molar-refractivity contribution < 1.29 is 4.79 Å². The second kappa shape index (κ2) is 5.31. The van der Waals surface area contributed by atoms with Gasteiger partial charge in [0, 0.05) is 25.4 Å². The van der Waals surface area contributed by atoms with Crippen LogP contribution in [0.5, 0.6) is 0 Å². The summed E-state index contributed by atoms with van der Waals surface area (Å²) in [4.78, 5) is 17.8. The van der Waals surface area contributed by atoms with Crippen molar-refractivity contribution in [2.45, 2.75) is 12.8 Å². The van der Waals surface area contributed by atoms with E-state index in [0.717, 1.165) is 18.7 Å². The van der Waals surface area contributed by atoms with E-state index >= 15 is 0 Å². The smallest absolute Gasteiger partial charge is 0.233 e. The average Bonchev–Trinajstić information content (AvgIpc) is 2.64.